The van der Waals surface area contributed by atoms with Crippen LogP contribution in [0.3, 0.4) is 0 Å². The Labute approximate surface area is 123 Å². The van der Waals surface area contributed by atoms with E-state index < -0.39 is 0 Å². The normalized spacial score (nSPS) is 10.5. The van der Waals surface area contributed by atoms with Gasteiger partial charge in [0.2, 0.25) is 0 Å². The van der Waals surface area contributed by atoms with Gasteiger partial charge in [0.25, 0.3) is 0 Å². The molecule has 2 N–H and O–H groups in total. The van der Waals surface area contributed by atoms with Crippen molar-refractivity contribution in [3.63, 3.8) is 0 Å². The molecule has 0 atom stereocenters. The summed E-state index contributed by atoms with van der Waals surface area (Å²) < 4.78 is 5.62. The van der Waals surface area contributed by atoms with E-state index in [-0.39, 0.29) is 5.75 Å². The zero-order valence-corrected chi connectivity index (χ0v) is 11.5. The third kappa shape index (κ3) is 3.23. The van der Waals surface area contributed by atoms with E-state index in [9.17, 15) is 5.11 Å². The average Bonchev–Trinajstić information content (AvgIpc) is 2.53. The highest BCUT2D eigenvalue weighted by molar-refractivity contribution is 5.92. The van der Waals surface area contributed by atoms with Crippen LogP contribution in [0, 0.1) is 0 Å². The second-order valence-electron chi connectivity index (χ2n) is 4.65. The van der Waals surface area contributed by atoms with Crippen LogP contribution in [0.25, 0.3) is 10.8 Å². The molecule has 0 unspecified atom stereocenters. The van der Waals surface area contributed by atoms with E-state index in [0.717, 1.165) is 22.3 Å². The number of hydrogen-bond acceptors (Lipinski definition) is 4. The number of nitrogens with zero attached hydrogens (tertiary/aromatic N) is 1. The molecule has 0 aliphatic heterocycles. The Kier molecular flexibility index (Phi) is 3.87. The summed E-state index contributed by atoms with van der Waals surface area (Å²) >= 11 is 0. The molecule has 4 heteroatoms. The number of anilines is 1. The molecular formula is C17H16N2O2. The Morgan fingerprint density at radius 2 is 1.90 bits per heavy atom. The van der Waals surface area contributed by atoms with Gasteiger partial charge in [-0.1, -0.05) is 24.3 Å². The second kappa shape index (κ2) is 6.13. The Balaban J connectivity index is 1.64. The monoisotopic (exact) mass is 280 g/mol. The number of rotatable bonds is 5. The van der Waals surface area contributed by atoms with Crippen molar-refractivity contribution in [1.29, 1.82) is 0 Å². The van der Waals surface area contributed by atoms with Gasteiger partial charge in [-0.05, 0) is 35.7 Å². The molecule has 1 aromatic heterocycles. The van der Waals surface area contributed by atoms with Crippen LogP contribution in [0.15, 0.2) is 60.8 Å². The smallest absolute Gasteiger partial charge is 0.134 e. The molecule has 3 rings (SSSR count). The highest BCUT2D eigenvalue weighted by Crippen LogP contribution is 2.24. The van der Waals surface area contributed by atoms with Crippen molar-refractivity contribution in [2.75, 3.05) is 18.5 Å². The molecule has 0 amide bonds. The van der Waals surface area contributed by atoms with E-state index >= 15 is 0 Å². The highest BCUT2D eigenvalue weighted by atomic mass is 16.5. The van der Waals surface area contributed by atoms with Crippen LogP contribution in [0.5, 0.6) is 11.5 Å². The summed E-state index contributed by atoms with van der Waals surface area (Å²) in [6.45, 7) is 1.18. The molecule has 4 nitrogen and oxygen atoms in total. The van der Waals surface area contributed by atoms with Crippen LogP contribution in [-0.2, 0) is 0 Å². The highest BCUT2D eigenvalue weighted by Gasteiger charge is 2.03. The fraction of sp³-hybridized carbons (Fsp3) is 0.118. The van der Waals surface area contributed by atoms with Crippen molar-refractivity contribution in [2.24, 2.45) is 0 Å². The maximum atomic E-state index is 9.59. The van der Waals surface area contributed by atoms with Gasteiger partial charge in [-0.15, -0.1) is 0 Å². The molecule has 0 aliphatic carbocycles. The summed E-state index contributed by atoms with van der Waals surface area (Å²) in [6, 6.07) is 16.9. The SMILES string of the molecule is Oc1ccc2ccnc(NCCOc3ccccc3)c2c1. The number of nitrogens with one attached hydrogen (secondary N) is 1. The second-order valence-corrected chi connectivity index (χ2v) is 4.65. The lowest BCUT2D eigenvalue weighted by atomic mass is 10.1. The molecule has 0 aliphatic rings. The Bertz CT molecular complexity index is 729. The molecule has 21 heavy (non-hydrogen) atoms. The number of pyridine rings is 1. The Morgan fingerprint density at radius 3 is 2.76 bits per heavy atom. The topological polar surface area (TPSA) is 54.4 Å². The van der Waals surface area contributed by atoms with Crippen LogP contribution in [0.1, 0.15) is 0 Å². The van der Waals surface area contributed by atoms with Crippen molar-refractivity contribution < 1.29 is 9.84 Å². The van der Waals surface area contributed by atoms with E-state index in [1.54, 1.807) is 18.3 Å². The summed E-state index contributed by atoms with van der Waals surface area (Å²) in [5.74, 6) is 1.84. The van der Waals surface area contributed by atoms with Gasteiger partial charge in [-0.2, -0.15) is 0 Å². The van der Waals surface area contributed by atoms with E-state index in [1.165, 1.54) is 0 Å². The average molecular weight is 280 g/mol. The van der Waals surface area contributed by atoms with Gasteiger partial charge in [-0.3, -0.25) is 0 Å². The first-order chi connectivity index (χ1) is 10.3. The number of aromatic nitrogens is 1. The minimum atomic E-state index is 0.235. The Morgan fingerprint density at radius 1 is 1.05 bits per heavy atom. The van der Waals surface area contributed by atoms with Crippen LogP contribution in [-0.4, -0.2) is 23.2 Å². The lowest BCUT2D eigenvalue weighted by molar-refractivity contribution is 0.333. The molecule has 0 bridgehead atoms. The van der Waals surface area contributed by atoms with Crippen LogP contribution in [0.2, 0.25) is 0 Å². The predicted molar refractivity (Wildman–Crippen MR) is 83.8 cm³/mol. The molecule has 2 aromatic carbocycles. The van der Waals surface area contributed by atoms with E-state index in [0.29, 0.717) is 13.2 Å². The fourth-order valence-corrected chi connectivity index (χ4v) is 2.15. The van der Waals surface area contributed by atoms with E-state index in [4.69, 9.17) is 4.74 Å². The molecule has 0 spiro atoms. The summed E-state index contributed by atoms with van der Waals surface area (Å²) in [7, 11) is 0. The number of phenols is 1. The van der Waals surface area contributed by atoms with Gasteiger partial charge in [0.05, 0.1) is 6.54 Å². The maximum absolute atomic E-state index is 9.59. The van der Waals surface area contributed by atoms with Gasteiger partial charge < -0.3 is 15.2 Å². The first-order valence-corrected chi connectivity index (χ1v) is 6.82. The van der Waals surface area contributed by atoms with Gasteiger partial charge in [0.1, 0.15) is 23.9 Å². The summed E-state index contributed by atoms with van der Waals surface area (Å²) in [5.41, 5.74) is 0. The van der Waals surface area contributed by atoms with Gasteiger partial charge in [0.15, 0.2) is 0 Å². The number of hydrogen-bond donors (Lipinski definition) is 2. The van der Waals surface area contributed by atoms with Crippen molar-refractivity contribution in [1.82, 2.24) is 4.98 Å². The van der Waals surface area contributed by atoms with Gasteiger partial charge in [0, 0.05) is 11.6 Å². The van der Waals surface area contributed by atoms with E-state index in [1.807, 2.05) is 42.5 Å². The molecular weight excluding hydrogens is 264 g/mol. The molecule has 106 valence electrons. The summed E-state index contributed by atoms with van der Waals surface area (Å²) in [6.07, 6.45) is 1.75. The first-order valence-electron chi connectivity index (χ1n) is 6.82. The van der Waals surface area contributed by atoms with Crippen LogP contribution in [0.4, 0.5) is 5.82 Å². The first kappa shape index (κ1) is 13.2. The Hall–Kier alpha value is -2.75. The molecule has 3 aromatic rings. The van der Waals surface area contributed by atoms with Crippen LogP contribution < -0.4 is 10.1 Å². The number of para-hydroxylation sites is 1. The zero-order chi connectivity index (χ0) is 14.5. The minimum absolute atomic E-state index is 0.235. The van der Waals surface area contributed by atoms with Crippen molar-refractivity contribution in [3.05, 3.63) is 60.8 Å². The van der Waals surface area contributed by atoms with E-state index in [2.05, 4.69) is 10.3 Å². The number of ether oxygens (including phenoxy) is 1. The quantitative estimate of drug-likeness (QED) is 0.703. The fourth-order valence-electron chi connectivity index (χ4n) is 2.15. The standard InChI is InChI=1S/C17H16N2O2/c20-14-7-6-13-8-9-18-17(16(13)12-14)19-10-11-21-15-4-2-1-3-5-15/h1-9,12,20H,10-11H2,(H,18,19). The van der Waals surface area contributed by atoms with Gasteiger partial charge >= 0.3 is 0 Å². The molecule has 0 saturated heterocycles. The van der Waals surface area contributed by atoms with Gasteiger partial charge in [-0.25, -0.2) is 4.98 Å². The third-order valence-electron chi connectivity index (χ3n) is 3.16. The number of aromatic hydroxyl groups is 1. The number of benzene rings is 2. The number of phenolic OH excluding ortho intramolecular Hbond substituents is 1. The minimum Gasteiger partial charge on any atom is -0.508 e. The number of fused-ring (bicyclic) bond motifs is 1. The molecule has 0 fully saturated rings. The maximum Gasteiger partial charge on any atom is 0.134 e. The lowest BCUT2D eigenvalue weighted by Gasteiger charge is -2.10. The predicted octanol–water partition coefficient (Wildman–Crippen LogP) is 3.43. The largest absolute Gasteiger partial charge is 0.508 e. The third-order valence-corrected chi connectivity index (χ3v) is 3.16. The van der Waals surface area contributed by atoms with Crippen molar-refractivity contribution >= 4 is 16.6 Å². The van der Waals surface area contributed by atoms with Crippen molar-refractivity contribution in [2.45, 2.75) is 0 Å². The molecule has 1 heterocycles. The zero-order valence-electron chi connectivity index (χ0n) is 11.5. The molecule has 0 saturated carbocycles. The van der Waals surface area contributed by atoms with Crippen molar-refractivity contribution in [3.8, 4) is 11.5 Å². The molecule has 0 radical (unpaired) electrons. The van der Waals surface area contributed by atoms with Crippen LogP contribution >= 0.6 is 0 Å². The summed E-state index contributed by atoms with van der Waals surface area (Å²) in [4.78, 5) is 4.31. The lowest BCUT2D eigenvalue weighted by Crippen LogP contribution is -2.12. The summed E-state index contributed by atoms with van der Waals surface area (Å²) in [5, 5.41) is 14.8.